The van der Waals surface area contributed by atoms with Crippen molar-refractivity contribution in [2.24, 2.45) is 0 Å². The van der Waals surface area contributed by atoms with E-state index in [2.05, 4.69) is 27.0 Å². The molecular weight excluding hydrogens is 254 g/mol. The third-order valence-corrected chi connectivity index (χ3v) is 3.15. The summed E-state index contributed by atoms with van der Waals surface area (Å²) in [5, 5.41) is 10.3. The standard InChI is InChI=1S/C12H14BrNO/c13-10-4-5-11(14-9-10)8-12(15)6-2-1-3-7-12/h2,4-6,9,15H,1,3,7-8H2. The van der Waals surface area contributed by atoms with Gasteiger partial charge >= 0.3 is 0 Å². The van der Waals surface area contributed by atoms with Crippen molar-refractivity contribution in [2.75, 3.05) is 0 Å². The zero-order valence-electron chi connectivity index (χ0n) is 8.49. The van der Waals surface area contributed by atoms with Crippen LogP contribution in [-0.2, 0) is 6.42 Å². The maximum Gasteiger partial charge on any atom is 0.0883 e. The van der Waals surface area contributed by atoms with E-state index in [9.17, 15) is 5.11 Å². The van der Waals surface area contributed by atoms with E-state index < -0.39 is 5.60 Å². The van der Waals surface area contributed by atoms with Crippen LogP contribution >= 0.6 is 15.9 Å². The van der Waals surface area contributed by atoms with Crippen LogP contribution in [0.3, 0.4) is 0 Å². The van der Waals surface area contributed by atoms with Crippen LogP contribution in [0.2, 0.25) is 0 Å². The molecule has 0 saturated heterocycles. The summed E-state index contributed by atoms with van der Waals surface area (Å²) in [4.78, 5) is 4.28. The van der Waals surface area contributed by atoms with Gasteiger partial charge < -0.3 is 5.11 Å². The highest BCUT2D eigenvalue weighted by Gasteiger charge is 2.25. The topological polar surface area (TPSA) is 33.1 Å². The molecule has 2 rings (SSSR count). The molecule has 0 amide bonds. The molecule has 1 N–H and O–H groups in total. The average molecular weight is 268 g/mol. The predicted octanol–water partition coefficient (Wildman–Crippen LogP) is 2.86. The Morgan fingerprint density at radius 2 is 2.33 bits per heavy atom. The number of hydrogen-bond donors (Lipinski definition) is 1. The molecule has 0 spiro atoms. The highest BCUT2D eigenvalue weighted by Crippen LogP contribution is 2.25. The van der Waals surface area contributed by atoms with Crippen molar-refractivity contribution in [1.29, 1.82) is 0 Å². The van der Waals surface area contributed by atoms with Gasteiger partial charge in [-0.3, -0.25) is 4.98 Å². The van der Waals surface area contributed by atoms with Crippen molar-refractivity contribution in [3.8, 4) is 0 Å². The van der Waals surface area contributed by atoms with E-state index in [0.29, 0.717) is 6.42 Å². The molecule has 0 bridgehead atoms. The first-order chi connectivity index (χ1) is 7.18. The van der Waals surface area contributed by atoms with Crippen molar-refractivity contribution in [1.82, 2.24) is 4.98 Å². The first kappa shape index (κ1) is 10.8. The fourth-order valence-electron chi connectivity index (χ4n) is 1.88. The summed E-state index contributed by atoms with van der Waals surface area (Å²) in [6, 6.07) is 3.91. The quantitative estimate of drug-likeness (QED) is 0.837. The van der Waals surface area contributed by atoms with Gasteiger partial charge in [0.15, 0.2) is 0 Å². The fourth-order valence-corrected chi connectivity index (χ4v) is 2.12. The summed E-state index contributed by atoms with van der Waals surface area (Å²) in [5.74, 6) is 0. The van der Waals surface area contributed by atoms with Crippen LogP contribution in [-0.4, -0.2) is 15.7 Å². The van der Waals surface area contributed by atoms with E-state index in [1.54, 1.807) is 6.20 Å². The van der Waals surface area contributed by atoms with E-state index in [4.69, 9.17) is 0 Å². The van der Waals surface area contributed by atoms with Crippen LogP contribution in [0.25, 0.3) is 0 Å². The van der Waals surface area contributed by atoms with Crippen molar-refractivity contribution >= 4 is 15.9 Å². The lowest BCUT2D eigenvalue weighted by Gasteiger charge is -2.27. The Morgan fingerprint density at radius 1 is 1.47 bits per heavy atom. The van der Waals surface area contributed by atoms with Crippen LogP contribution < -0.4 is 0 Å². The van der Waals surface area contributed by atoms with Gasteiger partial charge in [0.05, 0.1) is 5.60 Å². The molecule has 0 fully saturated rings. The van der Waals surface area contributed by atoms with Gasteiger partial charge in [-0.15, -0.1) is 0 Å². The molecule has 0 aliphatic heterocycles. The molecule has 1 aromatic heterocycles. The number of nitrogens with zero attached hydrogens (tertiary/aromatic N) is 1. The van der Waals surface area contributed by atoms with E-state index in [1.807, 2.05) is 18.2 Å². The molecule has 15 heavy (non-hydrogen) atoms. The van der Waals surface area contributed by atoms with Crippen LogP contribution in [0, 0.1) is 0 Å². The lowest BCUT2D eigenvalue weighted by atomic mass is 9.87. The maximum absolute atomic E-state index is 10.3. The first-order valence-electron chi connectivity index (χ1n) is 5.18. The normalized spacial score (nSPS) is 25.5. The average Bonchev–Trinajstić information content (AvgIpc) is 2.22. The van der Waals surface area contributed by atoms with Crippen LogP contribution in [0.5, 0.6) is 0 Å². The van der Waals surface area contributed by atoms with E-state index in [1.165, 1.54) is 0 Å². The molecule has 0 saturated carbocycles. The second-order valence-corrected chi connectivity index (χ2v) is 4.96. The molecular formula is C12H14BrNO. The molecule has 1 atom stereocenters. The van der Waals surface area contributed by atoms with Gasteiger partial charge in [0, 0.05) is 22.8 Å². The molecule has 1 aliphatic rings. The minimum Gasteiger partial charge on any atom is -0.385 e. The minimum atomic E-state index is -0.681. The Balaban J connectivity index is 2.10. The number of pyridine rings is 1. The highest BCUT2D eigenvalue weighted by atomic mass is 79.9. The largest absolute Gasteiger partial charge is 0.385 e. The fraction of sp³-hybridized carbons (Fsp3) is 0.417. The lowest BCUT2D eigenvalue weighted by molar-refractivity contribution is 0.0741. The van der Waals surface area contributed by atoms with Crippen molar-refractivity contribution < 1.29 is 5.11 Å². The Hall–Kier alpha value is -0.670. The monoisotopic (exact) mass is 267 g/mol. The number of rotatable bonds is 2. The minimum absolute atomic E-state index is 0.608. The Bertz CT molecular complexity index is 360. The molecule has 3 heteroatoms. The number of aliphatic hydroxyl groups is 1. The molecule has 1 aromatic rings. The van der Waals surface area contributed by atoms with Gasteiger partial charge in [0.25, 0.3) is 0 Å². The Kier molecular flexibility index (Phi) is 3.22. The number of hydrogen-bond acceptors (Lipinski definition) is 2. The van der Waals surface area contributed by atoms with Crippen LogP contribution in [0.4, 0.5) is 0 Å². The van der Waals surface area contributed by atoms with Crippen LogP contribution in [0.15, 0.2) is 35.0 Å². The number of aromatic nitrogens is 1. The van der Waals surface area contributed by atoms with Crippen molar-refractivity contribution in [2.45, 2.75) is 31.3 Å². The molecule has 80 valence electrons. The second kappa shape index (κ2) is 4.45. The summed E-state index contributed by atoms with van der Waals surface area (Å²) in [7, 11) is 0. The Morgan fingerprint density at radius 3 is 2.93 bits per heavy atom. The van der Waals surface area contributed by atoms with Gasteiger partial charge in [-0.05, 0) is 47.3 Å². The van der Waals surface area contributed by atoms with Crippen LogP contribution in [0.1, 0.15) is 25.0 Å². The zero-order chi connectivity index (χ0) is 10.7. The smallest absolute Gasteiger partial charge is 0.0883 e. The van der Waals surface area contributed by atoms with E-state index in [0.717, 1.165) is 29.4 Å². The summed E-state index contributed by atoms with van der Waals surface area (Å²) >= 11 is 3.35. The van der Waals surface area contributed by atoms with Gasteiger partial charge in [-0.25, -0.2) is 0 Å². The highest BCUT2D eigenvalue weighted by molar-refractivity contribution is 9.10. The third kappa shape index (κ3) is 2.89. The van der Waals surface area contributed by atoms with E-state index >= 15 is 0 Å². The Labute approximate surface area is 98.2 Å². The zero-order valence-corrected chi connectivity index (χ0v) is 10.1. The molecule has 2 nitrogen and oxygen atoms in total. The predicted molar refractivity (Wildman–Crippen MR) is 63.6 cm³/mol. The third-order valence-electron chi connectivity index (χ3n) is 2.68. The summed E-state index contributed by atoms with van der Waals surface area (Å²) in [5.41, 5.74) is 0.256. The van der Waals surface area contributed by atoms with Gasteiger partial charge in [0.1, 0.15) is 0 Å². The molecule has 1 unspecified atom stereocenters. The van der Waals surface area contributed by atoms with Gasteiger partial charge in [-0.2, -0.15) is 0 Å². The summed E-state index contributed by atoms with van der Waals surface area (Å²) in [6.07, 6.45) is 9.32. The maximum atomic E-state index is 10.3. The first-order valence-corrected chi connectivity index (χ1v) is 5.98. The van der Waals surface area contributed by atoms with Gasteiger partial charge in [-0.1, -0.05) is 12.2 Å². The van der Waals surface area contributed by atoms with Crippen molar-refractivity contribution in [3.63, 3.8) is 0 Å². The molecule has 1 aliphatic carbocycles. The van der Waals surface area contributed by atoms with Gasteiger partial charge in [0.2, 0.25) is 0 Å². The number of halogens is 1. The molecule has 1 heterocycles. The van der Waals surface area contributed by atoms with E-state index in [-0.39, 0.29) is 0 Å². The van der Waals surface area contributed by atoms with Crippen molar-refractivity contribution in [3.05, 3.63) is 40.6 Å². The molecule has 0 aromatic carbocycles. The lowest BCUT2D eigenvalue weighted by Crippen LogP contribution is -2.30. The summed E-state index contributed by atoms with van der Waals surface area (Å²) in [6.45, 7) is 0. The molecule has 0 radical (unpaired) electrons. The summed E-state index contributed by atoms with van der Waals surface area (Å²) < 4.78 is 0.970. The SMILES string of the molecule is OC1(Cc2ccc(Br)cn2)C=CCCC1. The number of allylic oxidation sites excluding steroid dienone is 1. The second-order valence-electron chi connectivity index (χ2n) is 4.04.